The molecule has 0 aliphatic heterocycles. The molecule has 1 heterocycles. The van der Waals surface area contributed by atoms with Crippen molar-refractivity contribution in [3.63, 3.8) is 0 Å². The average molecular weight is 349 g/mol. The van der Waals surface area contributed by atoms with Crippen molar-refractivity contribution in [2.24, 2.45) is 0 Å². The van der Waals surface area contributed by atoms with Gasteiger partial charge in [0.15, 0.2) is 0 Å². The molecule has 0 saturated carbocycles. The summed E-state index contributed by atoms with van der Waals surface area (Å²) < 4.78 is 1.39. The van der Waals surface area contributed by atoms with Crippen molar-refractivity contribution in [2.45, 2.75) is 0 Å². The largest absolute Gasteiger partial charge is 0.508 e. The third-order valence-electron chi connectivity index (χ3n) is 3.06. The molecule has 106 valence electrons. The van der Waals surface area contributed by atoms with Gasteiger partial charge in [-0.3, -0.25) is 4.79 Å². The van der Waals surface area contributed by atoms with E-state index < -0.39 is 5.56 Å². The molecule has 0 spiro atoms. The number of rotatable bonds is 1. The highest BCUT2D eigenvalue weighted by Gasteiger charge is 2.15. The Hall–Kier alpha value is -2.54. The van der Waals surface area contributed by atoms with Gasteiger partial charge in [-0.05, 0) is 40.2 Å². The van der Waals surface area contributed by atoms with Gasteiger partial charge in [-0.2, -0.15) is 9.78 Å². The molecular weight excluding hydrogens is 340 g/mol. The van der Waals surface area contributed by atoms with Gasteiger partial charge >= 0.3 is 0 Å². The summed E-state index contributed by atoms with van der Waals surface area (Å²) in [6.45, 7) is 0. The van der Waals surface area contributed by atoms with Gasteiger partial charge in [0.1, 0.15) is 17.2 Å². The Kier molecular flexibility index (Phi) is 3.06. The second-order valence-electron chi connectivity index (χ2n) is 4.40. The number of nitrogens with zero attached hydrogens (tertiary/aromatic N) is 2. The summed E-state index contributed by atoms with van der Waals surface area (Å²) >= 11 is 3.16. The molecule has 0 unspecified atom stereocenters. The van der Waals surface area contributed by atoms with Crippen LogP contribution < -0.4 is 5.56 Å². The highest BCUT2D eigenvalue weighted by molar-refractivity contribution is 9.10. The van der Waals surface area contributed by atoms with Crippen molar-refractivity contribution in [3.05, 3.63) is 51.4 Å². The summed E-state index contributed by atoms with van der Waals surface area (Å²) in [5.41, 5.74) is -0.0836. The topological polar surface area (TPSA) is 95.6 Å². The highest BCUT2D eigenvalue weighted by atomic mass is 79.9. The number of hydrogen-bond donors (Lipinski definition) is 3. The van der Waals surface area contributed by atoms with Crippen molar-refractivity contribution in [2.75, 3.05) is 0 Å². The first-order valence-corrected chi connectivity index (χ1v) is 6.70. The average Bonchev–Trinajstić information content (AvgIpc) is 2.45. The highest BCUT2D eigenvalue weighted by Crippen LogP contribution is 2.36. The van der Waals surface area contributed by atoms with Crippen molar-refractivity contribution in [3.8, 4) is 22.9 Å². The lowest BCUT2D eigenvalue weighted by atomic mass is 10.1. The van der Waals surface area contributed by atoms with Crippen LogP contribution in [0, 0.1) is 0 Å². The van der Waals surface area contributed by atoms with Gasteiger partial charge in [0, 0.05) is 11.5 Å². The maximum Gasteiger partial charge on any atom is 0.283 e. The van der Waals surface area contributed by atoms with E-state index in [-0.39, 0.29) is 27.1 Å². The summed E-state index contributed by atoms with van der Waals surface area (Å²) in [5.74, 6) is -0.433. The first-order chi connectivity index (χ1) is 9.99. The number of benzene rings is 2. The predicted molar refractivity (Wildman–Crippen MR) is 80.0 cm³/mol. The fourth-order valence-corrected chi connectivity index (χ4v) is 2.46. The molecule has 0 aliphatic rings. The molecule has 3 rings (SSSR count). The minimum absolute atomic E-state index is 0.0442. The van der Waals surface area contributed by atoms with Crippen LogP contribution in [0.2, 0.25) is 0 Å². The second-order valence-corrected chi connectivity index (χ2v) is 5.19. The molecular formula is C14H9BrN2O4. The zero-order valence-corrected chi connectivity index (χ0v) is 12.1. The lowest BCUT2D eigenvalue weighted by molar-refractivity contribution is 0.452. The standard InChI is InChI=1S/C14H9BrN2O4/c15-13-9-6-16-17(7-1-3-8(18)4-2-7)14(21)12(9)10(19)5-11(13)20/h1-6,18-20H. The number of phenols is 3. The predicted octanol–water partition coefficient (Wildman–Crippen LogP) is 2.26. The monoisotopic (exact) mass is 348 g/mol. The number of hydrogen-bond acceptors (Lipinski definition) is 5. The Balaban J connectivity index is 2.36. The lowest BCUT2D eigenvalue weighted by Gasteiger charge is -2.09. The van der Waals surface area contributed by atoms with E-state index in [1.165, 1.54) is 30.5 Å². The summed E-state index contributed by atoms with van der Waals surface area (Å²) in [6.07, 6.45) is 1.37. The van der Waals surface area contributed by atoms with E-state index in [0.717, 1.165) is 10.7 Å². The van der Waals surface area contributed by atoms with Crippen LogP contribution in [-0.4, -0.2) is 25.1 Å². The summed E-state index contributed by atoms with van der Waals surface area (Å²) in [5, 5.41) is 33.2. The maximum absolute atomic E-state index is 12.5. The fraction of sp³-hybridized carbons (Fsp3) is 0. The van der Waals surface area contributed by atoms with Gasteiger partial charge in [-0.25, -0.2) is 0 Å². The molecule has 0 fully saturated rings. The minimum Gasteiger partial charge on any atom is -0.508 e. The molecule has 0 saturated heterocycles. The van der Waals surface area contributed by atoms with Gasteiger partial charge < -0.3 is 15.3 Å². The van der Waals surface area contributed by atoms with Gasteiger partial charge in [0.05, 0.1) is 21.7 Å². The number of aromatic nitrogens is 2. The van der Waals surface area contributed by atoms with E-state index >= 15 is 0 Å². The van der Waals surface area contributed by atoms with Crippen LogP contribution in [0.4, 0.5) is 0 Å². The van der Waals surface area contributed by atoms with Crippen LogP contribution in [0.5, 0.6) is 17.2 Å². The van der Waals surface area contributed by atoms with Crippen LogP contribution >= 0.6 is 15.9 Å². The normalized spacial score (nSPS) is 10.9. The van der Waals surface area contributed by atoms with Crippen molar-refractivity contribution in [1.29, 1.82) is 0 Å². The van der Waals surface area contributed by atoms with Crippen LogP contribution in [0.25, 0.3) is 16.5 Å². The third-order valence-corrected chi connectivity index (χ3v) is 3.90. The van der Waals surface area contributed by atoms with E-state index in [0.29, 0.717) is 11.1 Å². The molecule has 3 N–H and O–H groups in total. The summed E-state index contributed by atoms with van der Waals surface area (Å²) in [7, 11) is 0. The Morgan fingerprint density at radius 2 is 1.71 bits per heavy atom. The van der Waals surface area contributed by atoms with E-state index in [1.54, 1.807) is 0 Å². The van der Waals surface area contributed by atoms with Crippen molar-refractivity contribution < 1.29 is 15.3 Å². The number of halogens is 1. The number of phenolic OH excluding ortho intramolecular Hbond substituents is 3. The van der Waals surface area contributed by atoms with Gasteiger partial charge in [0.2, 0.25) is 0 Å². The Labute approximate surface area is 126 Å². The summed E-state index contributed by atoms with van der Waals surface area (Å²) in [4.78, 5) is 12.5. The molecule has 7 heteroatoms. The summed E-state index contributed by atoms with van der Waals surface area (Å²) in [6, 6.07) is 7.01. The maximum atomic E-state index is 12.5. The van der Waals surface area contributed by atoms with Crippen molar-refractivity contribution >= 4 is 26.7 Å². The molecule has 1 aromatic heterocycles. The molecule has 0 amide bonds. The van der Waals surface area contributed by atoms with E-state index in [2.05, 4.69) is 21.0 Å². The zero-order valence-electron chi connectivity index (χ0n) is 10.5. The Bertz CT molecular complexity index is 903. The Morgan fingerprint density at radius 3 is 2.38 bits per heavy atom. The Morgan fingerprint density at radius 1 is 1.05 bits per heavy atom. The molecule has 6 nitrogen and oxygen atoms in total. The molecule has 0 aliphatic carbocycles. The van der Waals surface area contributed by atoms with Gasteiger partial charge in [-0.15, -0.1) is 0 Å². The van der Waals surface area contributed by atoms with E-state index in [9.17, 15) is 20.1 Å². The third kappa shape index (κ3) is 2.11. The quantitative estimate of drug-likeness (QED) is 0.626. The fourth-order valence-electron chi connectivity index (χ4n) is 2.05. The smallest absolute Gasteiger partial charge is 0.283 e. The number of aromatic hydroxyl groups is 3. The number of fused-ring (bicyclic) bond motifs is 1. The molecule has 0 bridgehead atoms. The van der Waals surface area contributed by atoms with Crippen LogP contribution in [0.15, 0.2) is 45.8 Å². The van der Waals surface area contributed by atoms with Crippen molar-refractivity contribution in [1.82, 2.24) is 9.78 Å². The van der Waals surface area contributed by atoms with E-state index in [1.807, 2.05) is 0 Å². The molecule has 21 heavy (non-hydrogen) atoms. The van der Waals surface area contributed by atoms with Gasteiger partial charge in [-0.1, -0.05) is 0 Å². The van der Waals surface area contributed by atoms with Crippen LogP contribution in [0.1, 0.15) is 0 Å². The van der Waals surface area contributed by atoms with Crippen LogP contribution in [-0.2, 0) is 0 Å². The van der Waals surface area contributed by atoms with E-state index in [4.69, 9.17) is 0 Å². The lowest BCUT2D eigenvalue weighted by Crippen LogP contribution is -2.21. The SMILES string of the molecule is O=c1c2c(O)cc(O)c(Br)c2cnn1-c1ccc(O)cc1. The molecule has 0 radical (unpaired) electrons. The molecule has 3 aromatic rings. The minimum atomic E-state index is -0.531. The second kappa shape index (κ2) is 4.78. The van der Waals surface area contributed by atoms with Gasteiger partial charge in [0.25, 0.3) is 5.56 Å². The molecule has 0 atom stereocenters. The zero-order chi connectivity index (χ0) is 15.1. The van der Waals surface area contributed by atoms with Crippen LogP contribution in [0.3, 0.4) is 0 Å². The first kappa shape index (κ1) is 13.4. The molecule has 2 aromatic carbocycles. The first-order valence-electron chi connectivity index (χ1n) is 5.91.